The van der Waals surface area contributed by atoms with Crippen LogP contribution in [0.4, 0.5) is 0 Å². The molecule has 0 aliphatic carbocycles. The maximum Gasteiger partial charge on any atom is 0.216 e. The highest BCUT2D eigenvalue weighted by molar-refractivity contribution is 7.91. The normalized spacial score (nSPS) is 19.5. The summed E-state index contributed by atoms with van der Waals surface area (Å²) in [6, 6.07) is 6.37. The van der Waals surface area contributed by atoms with Gasteiger partial charge in [-0.05, 0) is 24.0 Å². The molecular weight excluding hydrogens is 314 g/mol. The second kappa shape index (κ2) is 6.43. The molecule has 0 atom stereocenters. The zero-order valence-electron chi connectivity index (χ0n) is 11.5. The highest BCUT2D eigenvalue weighted by Crippen LogP contribution is 2.15. The zero-order chi connectivity index (χ0) is 15.5. The molecule has 1 aliphatic heterocycles. The number of sulfonamides is 1. The number of nitrogens with one attached hydrogen (secondary N) is 1. The van der Waals surface area contributed by atoms with Crippen LogP contribution in [0, 0.1) is 0 Å². The average Bonchev–Trinajstić information content (AvgIpc) is 2.41. The quantitative estimate of drug-likeness (QED) is 0.800. The van der Waals surface area contributed by atoms with Crippen molar-refractivity contribution in [2.45, 2.75) is 31.2 Å². The van der Waals surface area contributed by atoms with Gasteiger partial charge < -0.3 is 5.11 Å². The van der Waals surface area contributed by atoms with E-state index in [9.17, 15) is 16.8 Å². The van der Waals surface area contributed by atoms with Gasteiger partial charge in [0.05, 0.1) is 23.9 Å². The van der Waals surface area contributed by atoms with Crippen LogP contribution in [0.15, 0.2) is 24.3 Å². The molecule has 118 valence electrons. The van der Waals surface area contributed by atoms with Gasteiger partial charge in [0.25, 0.3) is 0 Å². The van der Waals surface area contributed by atoms with Gasteiger partial charge in [-0.25, -0.2) is 21.6 Å². The third kappa shape index (κ3) is 5.06. The van der Waals surface area contributed by atoms with Crippen LogP contribution in [0.25, 0.3) is 0 Å². The van der Waals surface area contributed by atoms with Crippen LogP contribution in [0.1, 0.15) is 24.0 Å². The van der Waals surface area contributed by atoms with Crippen LogP contribution in [-0.4, -0.2) is 39.5 Å². The first kappa shape index (κ1) is 16.4. The van der Waals surface area contributed by atoms with Crippen LogP contribution in [0.5, 0.6) is 0 Å². The minimum absolute atomic E-state index is 0.0331. The molecule has 21 heavy (non-hydrogen) atoms. The van der Waals surface area contributed by atoms with Gasteiger partial charge in [0.15, 0.2) is 0 Å². The summed E-state index contributed by atoms with van der Waals surface area (Å²) in [6.45, 7) is -0.0815. The third-order valence-electron chi connectivity index (χ3n) is 3.46. The lowest BCUT2D eigenvalue weighted by Crippen LogP contribution is -2.41. The van der Waals surface area contributed by atoms with E-state index >= 15 is 0 Å². The molecule has 2 N–H and O–H groups in total. The Morgan fingerprint density at radius 1 is 1.10 bits per heavy atom. The fraction of sp³-hybridized carbons (Fsp3) is 0.538. The summed E-state index contributed by atoms with van der Waals surface area (Å²) in [6.07, 6.45) is 0.649. The van der Waals surface area contributed by atoms with Gasteiger partial charge in [0.2, 0.25) is 10.0 Å². The summed E-state index contributed by atoms with van der Waals surface area (Å²) in [5.41, 5.74) is 1.35. The number of hydrogen-bond donors (Lipinski definition) is 2. The first-order valence-corrected chi connectivity index (χ1v) is 10.2. The molecule has 0 bridgehead atoms. The fourth-order valence-electron chi connectivity index (χ4n) is 2.26. The molecule has 1 aromatic rings. The van der Waals surface area contributed by atoms with E-state index in [1.54, 1.807) is 24.3 Å². The Morgan fingerprint density at radius 2 is 1.62 bits per heavy atom. The van der Waals surface area contributed by atoms with E-state index in [1.165, 1.54) is 0 Å². The van der Waals surface area contributed by atoms with Crippen molar-refractivity contribution in [3.8, 4) is 0 Å². The van der Waals surface area contributed by atoms with E-state index in [4.69, 9.17) is 5.11 Å². The van der Waals surface area contributed by atoms with Crippen molar-refractivity contribution in [1.29, 1.82) is 0 Å². The van der Waals surface area contributed by atoms with Crippen molar-refractivity contribution < 1.29 is 21.9 Å². The van der Waals surface area contributed by atoms with Gasteiger partial charge in [0, 0.05) is 6.04 Å². The molecule has 6 nitrogen and oxygen atoms in total. The molecule has 2 rings (SSSR count). The van der Waals surface area contributed by atoms with Gasteiger partial charge in [-0.15, -0.1) is 0 Å². The second-order valence-electron chi connectivity index (χ2n) is 5.28. The minimum atomic E-state index is -3.50. The van der Waals surface area contributed by atoms with E-state index in [0.717, 1.165) is 5.56 Å². The number of hydrogen-bond acceptors (Lipinski definition) is 5. The Hall–Kier alpha value is -0.960. The maximum atomic E-state index is 12.1. The molecule has 0 spiro atoms. The van der Waals surface area contributed by atoms with E-state index in [2.05, 4.69) is 4.72 Å². The monoisotopic (exact) mass is 333 g/mol. The van der Waals surface area contributed by atoms with Gasteiger partial charge in [0.1, 0.15) is 9.84 Å². The fourth-order valence-corrected chi connectivity index (χ4v) is 5.21. The Morgan fingerprint density at radius 3 is 2.14 bits per heavy atom. The molecule has 1 aromatic carbocycles. The highest BCUT2D eigenvalue weighted by Gasteiger charge is 2.26. The number of benzene rings is 1. The molecular formula is C13H19NO5S2. The summed E-state index contributed by atoms with van der Waals surface area (Å²) in [5, 5.41) is 8.94. The first-order chi connectivity index (χ1) is 9.80. The van der Waals surface area contributed by atoms with E-state index in [-0.39, 0.29) is 29.9 Å². The maximum absolute atomic E-state index is 12.1. The highest BCUT2D eigenvalue weighted by atomic mass is 32.2. The van der Waals surface area contributed by atoms with Crippen LogP contribution in [0.2, 0.25) is 0 Å². The second-order valence-corrected chi connectivity index (χ2v) is 9.34. The molecule has 1 heterocycles. The van der Waals surface area contributed by atoms with Gasteiger partial charge in [-0.2, -0.15) is 0 Å². The third-order valence-corrected chi connectivity index (χ3v) is 6.58. The summed E-state index contributed by atoms with van der Waals surface area (Å²) in [4.78, 5) is 0. The predicted molar refractivity (Wildman–Crippen MR) is 79.8 cm³/mol. The van der Waals surface area contributed by atoms with E-state index < -0.39 is 19.9 Å². The molecule has 0 amide bonds. The Balaban J connectivity index is 1.95. The van der Waals surface area contributed by atoms with Crippen molar-refractivity contribution in [2.24, 2.45) is 0 Å². The average molecular weight is 333 g/mol. The van der Waals surface area contributed by atoms with Gasteiger partial charge in [-0.1, -0.05) is 24.3 Å². The van der Waals surface area contributed by atoms with E-state index in [1.807, 2.05) is 0 Å². The lowest BCUT2D eigenvalue weighted by molar-refractivity contribution is 0.282. The van der Waals surface area contributed by atoms with Gasteiger partial charge in [-0.3, -0.25) is 0 Å². The first-order valence-electron chi connectivity index (χ1n) is 6.69. The van der Waals surface area contributed by atoms with E-state index in [0.29, 0.717) is 18.4 Å². The van der Waals surface area contributed by atoms with Crippen molar-refractivity contribution in [1.82, 2.24) is 4.72 Å². The molecule has 1 aliphatic rings. The molecule has 0 aromatic heterocycles. The van der Waals surface area contributed by atoms with Gasteiger partial charge >= 0.3 is 0 Å². The molecule has 0 saturated carbocycles. The van der Waals surface area contributed by atoms with Crippen LogP contribution in [0.3, 0.4) is 0 Å². The smallest absolute Gasteiger partial charge is 0.216 e. The number of sulfone groups is 1. The minimum Gasteiger partial charge on any atom is -0.392 e. The Labute approximate surface area is 125 Å². The van der Waals surface area contributed by atoms with Crippen LogP contribution >= 0.6 is 0 Å². The molecule has 1 saturated heterocycles. The molecule has 8 heteroatoms. The zero-order valence-corrected chi connectivity index (χ0v) is 13.2. The van der Waals surface area contributed by atoms with Crippen molar-refractivity contribution in [3.63, 3.8) is 0 Å². The van der Waals surface area contributed by atoms with Crippen molar-refractivity contribution in [2.75, 3.05) is 11.5 Å². The summed E-state index contributed by atoms with van der Waals surface area (Å²) < 4.78 is 49.3. The molecule has 0 unspecified atom stereocenters. The lowest BCUT2D eigenvalue weighted by Gasteiger charge is -2.22. The summed E-state index contributed by atoms with van der Waals surface area (Å²) in [5.74, 6) is -0.0846. The van der Waals surface area contributed by atoms with Crippen molar-refractivity contribution >= 4 is 19.9 Å². The standard InChI is InChI=1S/C13H19NO5S2/c15-9-11-1-3-12(4-2-11)10-21(18,19)14-13-5-7-20(16,17)8-6-13/h1-4,13-15H,5-10H2. The number of rotatable bonds is 5. The van der Waals surface area contributed by atoms with Crippen molar-refractivity contribution in [3.05, 3.63) is 35.4 Å². The van der Waals surface area contributed by atoms with Crippen LogP contribution < -0.4 is 4.72 Å². The number of aliphatic hydroxyl groups excluding tert-OH is 1. The largest absolute Gasteiger partial charge is 0.392 e. The predicted octanol–water partition coefficient (Wildman–Crippen LogP) is 0.175. The number of aliphatic hydroxyl groups is 1. The SMILES string of the molecule is O=S1(=O)CCC(NS(=O)(=O)Cc2ccc(CO)cc2)CC1. The molecule has 0 radical (unpaired) electrons. The van der Waals surface area contributed by atoms with Crippen LogP contribution in [-0.2, 0) is 32.2 Å². The summed E-state index contributed by atoms with van der Waals surface area (Å²) in [7, 11) is -6.49. The Kier molecular flexibility index (Phi) is 5.03. The lowest BCUT2D eigenvalue weighted by atomic mass is 10.2. The summed E-state index contributed by atoms with van der Waals surface area (Å²) >= 11 is 0. The Bertz CT molecular complexity index is 666. The molecule has 1 fully saturated rings. The topological polar surface area (TPSA) is 101 Å².